The number of carbonyl (C=O) groups excluding carboxylic acids is 3. The standard InChI is InChI=1S/C30H34FN5O5/c1-18-7-6-8-20(15-18)28(40)35-13-14-36(29(41)23-17-24(30(2,3)4)33-34(23)5)27(35)26(39)32-22(16-25(37)38)19-9-11-21(31)12-10-19/h6-12,15,17,22,27H,13-14,16H2,1-5H3,(H,32,39)(H,37,38). The molecule has 41 heavy (non-hydrogen) atoms. The number of rotatable bonds is 7. The molecule has 2 N–H and O–H groups in total. The topological polar surface area (TPSA) is 125 Å². The number of halogens is 1. The molecule has 1 aliphatic heterocycles. The van der Waals surface area contributed by atoms with Crippen LogP contribution in [0.15, 0.2) is 54.6 Å². The molecule has 0 aliphatic carbocycles. The van der Waals surface area contributed by atoms with E-state index in [1.54, 1.807) is 31.3 Å². The smallest absolute Gasteiger partial charge is 0.305 e. The first-order valence-corrected chi connectivity index (χ1v) is 13.3. The van der Waals surface area contributed by atoms with Crippen LogP contribution in [0.3, 0.4) is 0 Å². The molecule has 216 valence electrons. The number of aliphatic carboxylic acids is 1. The summed E-state index contributed by atoms with van der Waals surface area (Å²) in [5.74, 6) is -3.36. The molecule has 0 saturated carbocycles. The van der Waals surface area contributed by atoms with Crippen LogP contribution in [0.2, 0.25) is 0 Å². The largest absolute Gasteiger partial charge is 0.481 e. The summed E-state index contributed by atoms with van der Waals surface area (Å²) < 4.78 is 15.0. The molecular formula is C30H34FN5O5. The lowest BCUT2D eigenvalue weighted by Gasteiger charge is -2.31. The van der Waals surface area contributed by atoms with Gasteiger partial charge in [0.15, 0.2) is 6.17 Å². The van der Waals surface area contributed by atoms with Crippen molar-refractivity contribution in [1.29, 1.82) is 0 Å². The number of aryl methyl sites for hydroxylation is 2. The molecule has 10 nitrogen and oxygen atoms in total. The molecule has 1 aromatic heterocycles. The van der Waals surface area contributed by atoms with Crippen molar-refractivity contribution in [3.05, 3.63) is 88.5 Å². The van der Waals surface area contributed by atoms with E-state index in [1.165, 1.54) is 38.7 Å². The van der Waals surface area contributed by atoms with Gasteiger partial charge in [0.1, 0.15) is 11.5 Å². The van der Waals surface area contributed by atoms with Gasteiger partial charge < -0.3 is 20.2 Å². The van der Waals surface area contributed by atoms with Crippen molar-refractivity contribution in [3.8, 4) is 0 Å². The number of aromatic nitrogens is 2. The van der Waals surface area contributed by atoms with Gasteiger partial charge in [-0.25, -0.2) is 4.39 Å². The van der Waals surface area contributed by atoms with Crippen LogP contribution in [0.25, 0.3) is 0 Å². The monoisotopic (exact) mass is 563 g/mol. The average molecular weight is 564 g/mol. The van der Waals surface area contributed by atoms with Crippen LogP contribution in [0, 0.1) is 12.7 Å². The Morgan fingerprint density at radius 1 is 1.02 bits per heavy atom. The second-order valence-electron chi connectivity index (χ2n) is 11.2. The van der Waals surface area contributed by atoms with Crippen molar-refractivity contribution in [2.24, 2.45) is 7.05 Å². The molecule has 3 amide bonds. The predicted molar refractivity (Wildman–Crippen MR) is 148 cm³/mol. The van der Waals surface area contributed by atoms with Crippen LogP contribution in [0.1, 0.15) is 70.9 Å². The first-order valence-electron chi connectivity index (χ1n) is 13.3. The molecule has 2 atom stereocenters. The van der Waals surface area contributed by atoms with E-state index in [9.17, 15) is 28.7 Å². The Balaban J connectivity index is 1.71. The van der Waals surface area contributed by atoms with Crippen molar-refractivity contribution in [1.82, 2.24) is 24.9 Å². The number of benzene rings is 2. The highest BCUT2D eigenvalue weighted by Gasteiger charge is 2.44. The van der Waals surface area contributed by atoms with Crippen molar-refractivity contribution >= 4 is 23.7 Å². The van der Waals surface area contributed by atoms with E-state index in [1.807, 2.05) is 33.8 Å². The van der Waals surface area contributed by atoms with Crippen LogP contribution in [0.4, 0.5) is 4.39 Å². The minimum Gasteiger partial charge on any atom is -0.481 e. The van der Waals surface area contributed by atoms with Crippen molar-refractivity contribution in [2.45, 2.75) is 51.7 Å². The molecule has 0 spiro atoms. The minimum absolute atomic E-state index is 0.0741. The number of carbonyl (C=O) groups is 4. The molecule has 2 unspecified atom stereocenters. The summed E-state index contributed by atoms with van der Waals surface area (Å²) in [6.07, 6.45) is -1.85. The van der Waals surface area contributed by atoms with Crippen LogP contribution in [-0.2, 0) is 22.1 Å². The van der Waals surface area contributed by atoms with E-state index in [4.69, 9.17) is 0 Å². The second-order valence-corrected chi connectivity index (χ2v) is 11.2. The Morgan fingerprint density at radius 3 is 2.22 bits per heavy atom. The Bertz CT molecular complexity index is 1480. The molecule has 1 saturated heterocycles. The lowest BCUT2D eigenvalue weighted by Crippen LogP contribution is -2.54. The third kappa shape index (κ3) is 6.45. The second kappa shape index (κ2) is 11.5. The number of carboxylic acid groups (broad SMARTS) is 1. The van der Waals surface area contributed by atoms with Crippen molar-refractivity contribution in [3.63, 3.8) is 0 Å². The maximum absolute atomic E-state index is 13.9. The van der Waals surface area contributed by atoms with Gasteiger partial charge >= 0.3 is 5.97 Å². The number of nitrogens with zero attached hydrogens (tertiary/aromatic N) is 4. The van der Waals surface area contributed by atoms with Crippen LogP contribution in [0.5, 0.6) is 0 Å². The summed E-state index contributed by atoms with van der Waals surface area (Å²) in [6.45, 7) is 7.91. The quantitative estimate of drug-likeness (QED) is 0.454. The van der Waals surface area contributed by atoms with Crippen molar-refractivity contribution in [2.75, 3.05) is 13.1 Å². The molecule has 3 aromatic rings. The minimum atomic E-state index is -1.36. The Labute approximate surface area is 237 Å². The summed E-state index contributed by atoms with van der Waals surface area (Å²) in [6, 6.07) is 12.7. The Hall–Kier alpha value is -4.54. The van der Waals surface area contributed by atoms with Crippen LogP contribution in [-0.4, -0.2) is 67.6 Å². The third-order valence-electron chi connectivity index (χ3n) is 7.03. The van der Waals surface area contributed by atoms with Gasteiger partial charge in [-0.1, -0.05) is 50.6 Å². The molecule has 2 heterocycles. The van der Waals surface area contributed by atoms with Gasteiger partial charge in [-0.05, 0) is 42.8 Å². The summed E-state index contributed by atoms with van der Waals surface area (Å²) in [5.41, 5.74) is 2.19. The zero-order valence-corrected chi connectivity index (χ0v) is 23.7. The van der Waals surface area contributed by atoms with Gasteiger partial charge in [-0.3, -0.25) is 23.9 Å². The zero-order valence-electron chi connectivity index (χ0n) is 23.7. The van der Waals surface area contributed by atoms with Crippen molar-refractivity contribution < 1.29 is 28.7 Å². The van der Waals surface area contributed by atoms with E-state index >= 15 is 0 Å². The molecule has 4 rings (SSSR count). The lowest BCUT2D eigenvalue weighted by atomic mass is 9.92. The van der Waals surface area contributed by atoms with E-state index in [2.05, 4.69) is 10.4 Å². The van der Waals surface area contributed by atoms with Gasteiger partial charge in [0.25, 0.3) is 17.7 Å². The number of nitrogens with one attached hydrogen (secondary N) is 1. The van der Waals surface area contributed by atoms with E-state index in [0.717, 1.165) is 5.56 Å². The first kappa shape index (κ1) is 29.4. The van der Waals surface area contributed by atoms with E-state index in [0.29, 0.717) is 16.8 Å². The molecule has 2 aromatic carbocycles. The van der Waals surface area contributed by atoms with Gasteiger partial charge in [-0.15, -0.1) is 0 Å². The summed E-state index contributed by atoms with van der Waals surface area (Å²) in [5, 5.41) is 16.7. The van der Waals surface area contributed by atoms with Crippen LogP contribution < -0.4 is 5.32 Å². The fourth-order valence-electron chi connectivity index (χ4n) is 4.83. The molecule has 0 bridgehead atoms. The highest BCUT2D eigenvalue weighted by Crippen LogP contribution is 2.26. The summed E-state index contributed by atoms with van der Waals surface area (Å²) in [7, 11) is 1.64. The molecule has 1 fully saturated rings. The highest BCUT2D eigenvalue weighted by atomic mass is 19.1. The maximum atomic E-state index is 13.9. The Morgan fingerprint density at radius 2 is 1.66 bits per heavy atom. The SMILES string of the molecule is Cc1cccc(C(=O)N2CCN(C(=O)c3cc(C(C)(C)C)nn3C)C2C(=O)NC(CC(=O)O)c2ccc(F)cc2)c1. The maximum Gasteiger partial charge on any atom is 0.305 e. The van der Waals surface area contributed by atoms with Gasteiger partial charge in [0.05, 0.1) is 18.2 Å². The highest BCUT2D eigenvalue weighted by molar-refractivity contribution is 6.01. The fraction of sp³-hybridized carbons (Fsp3) is 0.367. The number of amides is 3. The summed E-state index contributed by atoms with van der Waals surface area (Å²) >= 11 is 0. The van der Waals surface area contributed by atoms with E-state index < -0.39 is 48.1 Å². The molecule has 11 heteroatoms. The first-order chi connectivity index (χ1) is 19.3. The predicted octanol–water partition coefficient (Wildman–Crippen LogP) is 3.42. The molecular weight excluding hydrogens is 529 g/mol. The van der Waals surface area contributed by atoms with Gasteiger partial charge in [-0.2, -0.15) is 5.10 Å². The number of hydrogen-bond donors (Lipinski definition) is 2. The normalized spacial score (nSPS) is 16.0. The number of carboxylic acids is 1. The zero-order chi connectivity index (χ0) is 30.1. The summed E-state index contributed by atoms with van der Waals surface area (Å²) in [4.78, 5) is 55.7. The van der Waals surface area contributed by atoms with Gasteiger partial charge in [0, 0.05) is 31.1 Å². The molecule has 1 aliphatic rings. The average Bonchev–Trinajstić information content (AvgIpc) is 3.52. The molecule has 0 radical (unpaired) electrons. The van der Waals surface area contributed by atoms with E-state index in [-0.39, 0.29) is 24.2 Å². The van der Waals surface area contributed by atoms with Crippen LogP contribution >= 0.6 is 0 Å². The van der Waals surface area contributed by atoms with Gasteiger partial charge in [0.2, 0.25) is 0 Å². The number of hydrogen-bond acceptors (Lipinski definition) is 5. The fourth-order valence-corrected chi connectivity index (χ4v) is 4.83. The third-order valence-corrected chi connectivity index (χ3v) is 7.03. The lowest BCUT2D eigenvalue weighted by molar-refractivity contribution is -0.138. The Kier molecular flexibility index (Phi) is 8.27.